The van der Waals surface area contributed by atoms with Gasteiger partial charge in [0.2, 0.25) is 0 Å². The van der Waals surface area contributed by atoms with Gasteiger partial charge in [0.15, 0.2) is 0 Å². The molecule has 0 fully saturated rings. The molecule has 2 aromatic rings. The first kappa shape index (κ1) is 14.7. The van der Waals surface area contributed by atoms with Crippen molar-refractivity contribution in [2.45, 2.75) is 27.3 Å². The van der Waals surface area contributed by atoms with Crippen molar-refractivity contribution in [2.75, 3.05) is 11.9 Å². The van der Waals surface area contributed by atoms with Crippen LogP contribution in [0.25, 0.3) is 0 Å². The van der Waals surface area contributed by atoms with Gasteiger partial charge in [-0.1, -0.05) is 23.7 Å². The summed E-state index contributed by atoms with van der Waals surface area (Å²) in [7, 11) is 0. The third-order valence-corrected chi connectivity index (χ3v) is 3.63. The Bertz CT molecular complexity index is 596. The minimum Gasteiger partial charge on any atom is -0.494 e. The van der Waals surface area contributed by atoms with Crippen molar-refractivity contribution in [3.63, 3.8) is 0 Å². The first-order valence-corrected chi connectivity index (χ1v) is 7.21. The highest BCUT2D eigenvalue weighted by Crippen LogP contribution is 2.25. The maximum atomic E-state index is 6.07. The third-order valence-electron chi connectivity index (χ3n) is 3.40. The van der Waals surface area contributed by atoms with Gasteiger partial charge < -0.3 is 10.1 Å². The van der Waals surface area contributed by atoms with Gasteiger partial charge in [0.25, 0.3) is 0 Å². The Morgan fingerprint density at radius 1 is 1.15 bits per heavy atom. The Morgan fingerprint density at radius 2 is 1.95 bits per heavy atom. The zero-order valence-electron chi connectivity index (χ0n) is 12.2. The standard InChI is InChI=1S/C17H20ClNO/c1-4-20-17-9-8-15(18)10-14(17)11-19-16-7-5-6-12(2)13(16)3/h5-10,19H,4,11H2,1-3H3. The largest absolute Gasteiger partial charge is 0.494 e. The molecule has 2 nitrogen and oxygen atoms in total. The highest BCUT2D eigenvalue weighted by molar-refractivity contribution is 6.30. The zero-order chi connectivity index (χ0) is 14.5. The average Bonchev–Trinajstić information content (AvgIpc) is 2.43. The lowest BCUT2D eigenvalue weighted by Gasteiger charge is -2.14. The number of rotatable bonds is 5. The zero-order valence-corrected chi connectivity index (χ0v) is 12.9. The molecule has 0 saturated heterocycles. The van der Waals surface area contributed by atoms with E-state index in [1.54, 1.807) is 0 Å². The monoisotopic (exact) mass is 289 g/mol. The van der Waals surface area contributed by atoms with E-state index >= 15 is 0 Å². The molecule has 0 aliphatic rings. The maximum absolute atomic E-state index is 6.07. The van der Waals surface area contributed by atoms with Gasteiger partial charge in [-0.3, -0.25) is 0 Å². The number of nitrogens with one attached hydrogen (secondary N) is 1. The van der Waals surface area contributed by atoms with Gasteiger partial charge in [0.05, 0.1) is 6.61 Å². The summed E-state index contributed by atoms with van der Waals surface area (Å²) in [5, 5.41) is 4.19. The van der Waals surface area contributed by atoms with Gasteiger partial charge >= 0.3 is 0 Å². The first-order chi connectivity index (χ1) is 9.61. The number of aryl methyl sites for hydroxylation is 1. The van der Waals surface area contributed by atoms with E-state index in [0.717, 1.165) is 22.0 Å². The molecule has 0 saturated carbocycles. The van der Waals surface area contributed by atoms with Gasteiger partial charge in [-0.25, -0.2) is 0 Å². The number of benzene rings is 2. The molecule has 0 aliphatic carbocycles. The molecular formula is C17H20ClNO. The summed E-state index contributed by atoms with van der Waals surface area (Å²) in [4.78, 5) is 0. The number of ether oxygens (including phenoxy) is 1. The Balaban J connectivity index is 2.18. The minimum atomic E-state index is 0.651. The van der Waals surface area contributed by atoms with Crippen LogP contribution in [0.3, 0.4) is 0 Å². The van der Waals surface area contributed by atoms with Crippen molar-refractivity contribution in [1.29, 1.82) is 0 Å². The van der Waals surface area contributed by atoms with Crippen LogP contribution in [0.15, 0.2) is 36.4 Å². The number of halogens is 1. The maximum Gasteiger partial charge on any atom is 0.124 e. The molecule has 0 bridgehead atoms. The lowest BCUT2D eigenvalue weighted by molar-refractivity contribution is 0.337. The summed E-state index contributed by atoms with van der Waals surface area (Å²) < 4.78 is 5.64. The molecule has 2 aromatic carbocycles. The number of hydrogen-bond acceptors (Lipinski definition) is 2. The molecule has 0 atom stereocenters. The van der Waals surface area contributed by atoms with Crippen LogP contribution >= 0.6 is 11.6 Å². The predicted octanol–water partition coefficient (Wildman–Crippen LogP) is 4.97. The predicted molar refractivity (Wildman–Crippen MR) is 85.9 cm³/mol. The van der Waals surface area contributed by atoms with Crippen molar-refractivity contribution in [3.05, 3.63) is 58.1 Å². The number of hydrogen-bond donors (Lipinski definition) is 1. The number of anilines is 1. The van der Waals surface area contributed by atoms with Crippen LogP contribution in [0.2, 0.25) is 5.02 Å². The molecule has 0 amide bonds. The SMILES string of the molecule is CCOc1ccc(Cl)cc1CNc1cccc(C)c1C. The van der Waals surface area contributed by atoms with Crippen molar-refractivity contribution < 1.29 is 4.74 Å². The average molecular weight is 290 g/mol. The Labute approximate surface area is 125 Å². The first-order valence-electron chi connectivity index (χ1n) is 6.83. The fourth-order valence-corrected chi connectivity index (χ4v) is 2.31. The second-order valence-electron chi connectivity index (χ2n) is 4.79. The molecule has 0 radical (unpaired) electrons. The van der Waals surface area contributed by atoms with E-state index in [-0.39, 0.29) is 0 Å². The molecule has 106 valence electrons. The Kier molecular flexibility index (Phi) is 4.91. The summed E-state index contributed by atoms with van der Waals surface area (Å²) in [5.74, 6) is 0.884. The lowest BCUT2D eigenvalue weighted by Crippen LogP contribution is -2.04. The van der Waals surface area contributed by atoms with Gasteiger partial charge in [0.1, 0.15) is 5.75 Å². The van der Waals surface area contributed by atoms with E-state index in [0.29, 0.717) is 13.2 Å². The minimum absolute atomic E-state index is 0.651. The lowest BCUT2D eigenvalue weighted by atomic mass is 10.1. The molecule has 0 unspecified atom stereocenters. The van der Waals surface area contributed by atoms with Crippen molar-refractivity contribution in [3.8, 4) is 5.75 Å². The van der Waals surface area contributed by atoms with Gasteiger partial charge in [0, 0.05) is 22.8 Å². The molecule has 1 N–H and O–H groups in total. The summed E-state index contributed by atoms with van der Waals surface area (Å²) in [5.41, 5.74) is 4.77. The fraction of sp³-hybridized carbons (Fsp3) is 0.294. The highest BCUT2D eigenvalue weighted by atomic mass is 35.5. The summed E-state index contributed by atoms with van der Waals surface area (Å²) >= 11 is 6.07. The molecule has 0 spiro atoms. The van der Waals surface area contributed by atoms with E-state index < -0.39 is 0 Å². The van der Waals surface area contributed by atoms with Gasteiger partial charge in [-0.15, -0.1) is 0 Å². The van der Waals surface area contributed by atoms with Crippen molar-refractivity contribution in [1.82, 2.24) is 0 Å². The van der Waals surface area contributed by atoms with E-state index in [4.69, 9.17) is 16.3 Å². The summed E-state index contributed by atoms with van der Waals surface area (Å²) in [6.07, 6.45) is 0. The fourth-order valence-electron chi connectivity index (χ4n) is 2.12. The van der Waals surface area contributed by atoms with Crippen LogP contribution in [0.4, 0.5) is 5.69 Å². The Hall–Kier alpha value is -1.67. The van der Waals surface area contributed by atoms with E-state index in [1.807, 2.05) is 25.1 Å². The van der Waals surface area contributed by atoms with Gasteiger partial charge in [-0.2, -0.15) is 0 Å². The van der Waals surface area contributed by atoms with Crippen LogP contribution in [0.1, 0.15) is 23.6 Å². The van der Waals surface area contributed by atoms with Crippen LogP contribution in [-0.2, 0) is 6.54 Å². The summed E-state index contributed by atoms with van der Waals surface area (Å²) in [6, 6.07) is 12.0. The van der Waals surface area contributed by atoms with E-state index in [9.17, 15) is 0 Å². The molecule has 20 heavy (non-hydrogen) atoms. The molecule has 2 rings (SSSR count). The van der Waals surface area contributed by atoms with Crippen molar-refractivity contribution >= 4 is 17.3 Å². The topological polar surface area (TPSA) is 21.3 Å². The second kappa shape index (κ2) is 6.67. The van der Waals surface area contributed by atoms with Gasteiger partial charge in [-0.05, 0) is 56.2 Å². The van der Waals surface area contributed by atoms with Crippen LogP contribution in [-0.4, -0.2) is 6.61 Å². The van der Waals surface area contributed by atoms with Crippen LogP contribution < -0.4 is 10.1 Å². The van der Waals surface area contributed by atoms with Crippen molar-refractivity contribution in [2.24, 2.45) is 0 Å². The molecule has 3 heteroatoms. The molecular weight excluding hydrogens is 270 g/mol. The van der Waals surface area contributed by atoms with Crippen LogP contribution in [0.5, 0.6) is 5.75 Å². The van der Waals surface area contributed by atoms with Crippen LogP contribution in [0, 0.1) is 13.8 Å². The molecule has 0 aliphatic heterocycles. The Morgan fingerprint density at radius 3 is 2.70 bits per heavy atom. The third kappa shape index (κ3) is 3.45. The van der Waals surface area contributed by atoms with E-state index in [1.165, 1.54) is 11.1 Å². The van der Waals surface area contributed by atoms with E-state index in [2.05, 4.69) is 37.4 Å². The molecule has 0 aromatic heterocycles. The highest BCUT2D eigenvalue weighted by Gasteiger charge is 2.06. The smallest absolute Gasteiger partial charge is 0.124 e. The normalized spacial score (nSPS) is 10.4. The molecule has 0 heterocycles. The quantitative estimate of drug-likeness (QED) is 0.839. The second-order valence-corrected chi connectivity index (χ2v) is 5.22. The summed E-state index contributed by atoms with van der Waals surface area (Å²) in [6.45, 7) is 7.57.